The van der Waals surface area contributed by atoms with Crippen LogP contribution in [0.15, 0.2) is 58.3 Å². The van der Waals surface area contributed by atoms with E-state index in [1.165, 1.54) is 36.4 Å². The van der Waals surface area contributed by atoms with E-state index in [-0.39, 0.29) is 21.2 Å². The molecular formula is C12H9N3O5S2. The molecular weight excluding hydrogens is 330 g/mol. The molecule has 0 radical (unpaired) electrons. The largest absolute Gasteiger partial charge is 0.501 e. The van der Waals surface area contributed by atoms with Gasteiger partial charge in [0, 0.05) is 6.07 Å². The van der Waals surface area contributed by atoms with Crippen LogP contribution >= 0.6 is 0 Å². The molecule has 0 amide bonds. The fourth-order valence-electron chi connectivity index (χ4n) is 1.63. The van der Waals surface area contributed by atoms with Gasteiger partial charge in [-0.25, -0.2) is 16.8 Å². The molecule has 0 spiro atoms. The van der Waals surface area contributed by atoms with Gasteiger partial charge in [0.1, 0.15) is 20.0 Å². The molecule has 0 bridgehead atoms. The molecule has 114 valence electrons. The van der Waals surface area contributed by atoms with Crippen molar-refractivity contribution in [3.8, 4) is 5.75 Å². The van der Waals surface area contributed by atoms with Crippen LogP contribution in [0.1, 0.15) is 0 Å². The van der Waals surface area contributed by atoms with Gasteiger partial charge in [0.15, 0.2) is 4.98 Å². The predicted octanol–water partition coefficient (Wildman–Crippen LogP) is 2.33. The summed E-state index contributed by atoms with van der Waals surface area (Å²) in [5.74, 6) is -0.0139. The lowest BCUT2D eigenvalue weighted by Gasteiger charge is -2.05. The quantitative estimate of drug-likeness (QED) is 0.733. The van der Waals surface area contributed by atoms with Crippen LogP contribution in [-0.4, -0.2) is 21.9 Å². The van der Waals surface area contributed by atoms with Gasteiger partial charge in [-0.1, -0.05) is 24.3 Å². The fraction of sp³-hybridized carbons (Fsp3) is 0. The Kier molecular flexibility index (Phi) is 4.14. The van der Waals surface area contributed by atoms with Gasteiger partial charge in [-0.2, -0.15) is 0 Å². The summed E-state index contributed by atoms with van der Waals surface area (Å²) < 4.78 is 47.3. The minimum Gasteiger partial charge on any atom is -0.501 e. The van der Waals surface area contributed by atoms with Gasteiger partial charge in [0.05, 0.1) is 9.79 Å². The molecule has 2 aromatic rings. The average molecular weight is 339 g/mol. The molecule has 1 heterocycles. The summed E-state index contributed by atoms with van der Waals surface area (Å²) in [5.41, 5.74) is 0.192. The van der Waals surface area contributed by atoms with E-state index in [9.17, 15) is 16.8 Å². The number of para-hydroxylation sites is 1. The van der Waals surface area contributed by atoms with Gasteiger partial charge in [0.2, 0.25) is 11.1 Å². The van der Waals surface area contributed by atoms with E-state index >= 15 is 0 Å². The Bertz CT molecular complexity index is 911. The Hall–Kier alpha value is -2.48. The summed E-state index contributed by atoms with van der Waals surface area (Å²) in [4.78, 5) is 2.34. The summed E-state index contributed by atoms with van der Waals surface area (Å²) in [6.45, 7) is 0. The molecule has 0 aromatic heterocycles. The van der Waals surface area contributed by atoms with E-state index in [1.807, 2.05) is 0 Å². The number of hydrogen-bond acceptors (Lipinski definition) is 6. The minimum atomic E-state index is -3.98. The van der Waals surface area contributed by atoms with Crippen LogP contribution in [0.25, 0.3) is 9.10 Å². The van der Waals surface area contributed by atoms with Gasteiger partial charge < -0.3 is 9.23 Å². The highest BCUT2D eigenvalue weighted by Crippen LogP contribution is 2.37. The first-order chi connectivity index (χ1) is 10.3. The third-order valence-corrected chi connectivity index (χ3v) is 6.11. The van der Waals surface area contributed by atoms with Crippen LogP contribution in [0.3, 0.4) is 0 Å². The SMILES string of the molecule is N#[N+]c1ccccc1O.O=S1(=O)[N-]S(=O)(=O)c2ccccc21. The lowest BCUT2D eigenvalue weighted by atomic mass is 10.3. The van der Waals surface area contributed by atoms with E-state index < -0.39 is 20.0 Å². The van der Waals surface area contributed by atoms with E-state index in [1.54, 1.807) is 12.1 Å². The van der Waals surface area contributed by atoms with Gasteiger partial charge in [-0.15, -0.1) is 0 Å². The second-order valence-electron chi connectivity index (χ2n) is 4.06. The third kappa shape index (κ3) is 3.06. The van der Waals surface area contributed by atoms with Crippen molar-refractivity contribution in [2.24, 2.45) is 0 Å². The maximum atomic E-state index is 11.1. The lowest BCUT2D eigenvalue weighted by Crippen LogP contribution is -1.92. The van der Waals surface area contributed by atoms with Gasteiger partial charge in [0.25, 0.3) is 0 Å². The van der Waals surface area contributed by atoms with Crippen LogP contribution in [0.5, 0.6) is 5.75 Å². The Balaban J connectivity index is 0.000000172. The molecule has 0 atom stereocenters. The smallest absolute Gasteiger partial charge is 0.426 e. The first-order valence-corrected chi connectivity index (χ1v) is 8.62. The standard InChI is InChI=1S/C6H4N2O.C6H4NO4S2/c7-8-5-3-1-2-4-6(5)9;8-12(9)5-3-1-2-4-6(5)13(10,11)7-12/h1-4H;1-4H/q;-1/p+1. The van der Waals surface area contributed by atoms with Crippen LogP contribution in [0.4, 0.5) is 5.69 Å². The zero-order chi connectivity index (χ0) is 16.4. The van der Waals surface area contributed by atoms with Gasteiger partial charge in [-0.05, 0) is 18.2 Å². The molecule has 1 aliphatic heterocycles. The first kappa shape index (κ1) is 15.9. The number of phenols is 1. The number of nitrogens with zero attached hydrogens (tertiary/aromatic N) is 3. The zero-order valence-corrected chi connectivity index (χ0v) is 12.5. The van der Waals surface area contributed by atoms with Crippen molar-refractivity contribution < 1.29 is 21.9 Å². The lowest BCUT2D eigenvalue weighted by molar-refractivity contribution is 0.478. The van der Waals surface area contributed by atoms with E-state index in [0.29, 0.717) is 0 Å². The highest BCUT2D eigenvalue weighted by atomic mass is 32.3. The van der Waals surface area contributed by atoms with Crippen molar-refractivity contribution in [2.45, 2.75) is 9.79 Å². The zero-order valence-electron chi connectivity index (χ0n) is 10.9. The molecule has 2 aromatic carbocycles. The molecule has 0 fully saturated rings. The van der Waals surface area contributed by atoms with Crippen LogP contribution in [0.2, 0.25) is 0 Å². The molecule has 3 rings (SSSR count). The Labute approximate surface area is 126 Å². The molecule has 0 saturated heterocycles. The number of sulfonamides is 2. The van der Waals surface area contributed by atoms with E-state index in [4.69, 9.17) is 10.5 Å². The second kappa shape index (κ2) is 5.72. The Morgan fingerprint density at radius 1 is 0.864 bits per heavy atom. The molecule has 1 N–H and O–H groups in total. The van der Waals surface area contributed by atoms with Crippen molar-refractivity contribution >= 4 is 25.7 Å². The molecule has 1 aliphatic rings. The normalized spacial score (nSPS) is 16.7. The summed E-state index contributed by atoms with van der Waals surface area (Å²) in [6, 6.07) is 11.6. The second-order valence-corrected chi connectivity index (χ2v) is 7.44. The maximum Gasteiger partial charge on any atom is 0.426 e. The Morgan fingerprint density at radius 3 is 1.73 bits per heavy atom. The minimum absolute atomic E-state index is 0.0139. The number of hydrogen-bond donors (Lipinski definition) is 1. The topological polar surface area (TPSA) is 131 Å². The molecule has 22 heavy (non-hydrogen) atoms. The summed E-state index contributed by atoms with van der Waals surface area (Å²) >= 11 is 0. The molecule has 0 aliphatic carbocycles. The van der Waals surface area contributed by atoms with E-state index in [0.717, 1.165) is 0 Å². The number of benzene rings is 2. The predicted molar refractivity (Wildman–Crippen MR) is 77.0 cm³/mol. The third-order valence-electron chi connectivity index (χ3n) is 2.59. The fourth-order valence-corrected chi connectivity index (χ4v) is 5.09. The molecule has 0 unspecified atom stereocenters. The number of phenolic OH excluding ortho intramolecular Hbond substituents is 1. The van der Waals surface area contributed by atoms with Crippen molar-refractivity contribution in [1.29, 1.82) is 5.39 Å². The maximum absolute atomic E-state index is 11.1. The van der Waals surface area contributed by atoms with Gasteiger partial charge >= 0.3 is 5.69 Å². The van der Waals surface area contributed by atoms with Crippen molar-refractivity contribution in [1.82, 2.24) is 0 Å². The number of rotatable bonds is 0. The molecule has 0 saturated carbocycles. The van der Waals surface area contributed by atoms with Crippen molar-refractivity contribution in [2.75, 3.05) is 0 Å². The summed E-state index contributed by atoms with van der Waals surface area (Å²) in [7, 11) is -7.95. The molecule has 8 nitrogen and oxygen atoms in total. The van der Waals surface area contributed by atoms with Crippen molar-refractivity contribution in [3.05, 3.63) is 57.6 Å². The average Bonchev–Trinajstić information content (AvgIpc) is 2.66. The van der Waals surface area contributed by atoms with E-state index in [2.05, 4.69) is 9.10 Å². The first-order valence-electron chi connectivity index (χ1n) is 5.74. The number of aromatic hydroxyl groups is 1. The van der Waals surface area contributed by atoms with Crippen LogP contribution in [-0.2, 0) is 20.0 Å². The highest BCUT2D eigenvalue weighted by molar-refractivity contribution is 8.14. The van der Waals surface area contributed by atoms with Gasteiger partial charge in [-0.3, -0.25) is 0 Å². The number of fused-ring (bicyclic) bond motifs is 1. The summed E-state index contributed by atoms with van der Waals surface area (Å²) in [6.07, 6.45) is 0. The monoisotopic (exact) mass is 339 g/mol. The van der Waals surface area contributed by atoms with Crippen LogP contribution < -0.4 is 0 Å². The Morgan fingerprint density at radius 2 is 1.32 bits per heavy atom. The summed E-state index contributed by atoms with van der Waals surface area (Å²) in [5, 5.41) is 17.0. The highest BCUT2D eigenvalue weighted by Gasteiger charge is 2.26. The van der Waals surface area contributed by atoms with Crippen LogP contribution in [0, 0.1) is 5.39 Å². The van der Waals surface area contributed by atoms with Crippen molar-refractivity contribution in [3.63, 3.8) is 0 Å². The number of diazo groups is 1. The molecule has 10 heteroatoms.